The molecule has 0 saturated carbocycles. The van der Waals surface area contributed by atoms with Crippen LogP contribution in [0, 0.1) is 10.1 Å². The topological polar surface area (TPSA) is 105 Å². The molecule has 1 fully saturated rings. The van der Waals surface area contributed by atoms with Gasteiger partial charge in [0, 0.05) is 26.9 Å². The number of nitrogens with zero attached hydrogens (tertiary/aromatic N) is 2. The number of nitrogens with one attached hydrogen (secondary N) is 2. The number of benzene rings is 1. The molecule has 0 bridgehead atoms. The number of rotatable bonds is 4. The third-order valence-electron chi connectivity index (χ3n) is 3.38. The Kier molecular flexibility index (Phi) is 4.59. The van der Waals surface area contributed by atoms with Gasteiger partial charge in [-0.1, -0.05) is 0 Å². The quantitative estimate of drug-likeness (QED) is 0.655. The number of anilines is 3. The van der Waals surface area contributed by atoms with Gasteiger partial charge >= 0.3 is 5.69 Å². The van der Waals surface area contributed by atoms with E-state index < -0.39 is 4.92 Å². The van der Waals surface area contributed by atoms with Crippen molar-refractivity contribution in [3.63, 3.8) is 0 Å². The van der Waals surface area contributed by atoms with Crippen LogP contribution in [0.5, 0.6) is 0 Å². The molecule has 1 aliphatic heterocycles. The zero-order valence-corrected chi connectivity index (χ0v) is 12.5. The summed E-state index contributed by atoms with van der Waals surface area (Å²) in [4.78, 5) is 35.5. The fourth-order valence-electron chi connectivity index (χ4n) is 2.61. The summed E-state index contributed by atoms with van der Waals surface area (Å²) in [6.45, 7) is 4.00. The Hall–Kier alpha value is -2.64. The molecular weight excluding hydrogens is 288 g/mol. The molecule has 1 aliphatic rings. The van der Waals surface area contributed by atoms with Crippen LogP contribution >= 0.6 is 0 Å². The second-order valence-corrected chi connectivity index (χ2v) is 5.17. The van der Waals surface area contributed by atoms with Crippen molar-refractivity contribution in [3.05, 3.63) is 22.2 Å². The molecule has 0 unspecified atom stereocenters. The van der Waals surface area contributed by atoms with E-state index in [2.05, 4.69) is 10.6 Å². The summed E-state index contributed by atoms with van der Waals surface area (Å²) in [6, 6.07) is 3.01. The molecule has 0 spiro atoms. The van der Waals surface area contributed by atoms with Crippen molar-refractivity contribution in [1.82, 2.24) is 0 Å². The summed E-state index contributed by atoms with van der Waals surface area (Å²) < 4.78 is 0. The van der Waals surface area contributed by atoms with E-state index in [9.17, 15) is 19.7 Å². The lowest BCUT2D eigenvalue weighted by Gasteiger charge is -2.22. The fourth-order valence-corrected chi connectivity index (χ4v) is 2.61. The van der Waals surface area contributed by atoms with E-state index in [1.807, 2.05) is 4.90 Å². The Morgan fingerprint density at radius 2 is 1.59 bits per heavy atom. The molecule has 0 aliphatic carbocycles. The summed E-state index contributed by atoms with van der Waals surface area (Å²) in [5.41, 5.74) is 0.677. The van der Waals surface area contributed by atoms with Crippen LogP contribution in [0.15, 0.2) is 12.1 Å². The van der Waals surface area contributed by atoms with Crippen molar-refractivity contribution < 1.29 is 14.5 Å². The molecule has 0 atom stereocenters. The lowest BCUT2D eigenvalue weighted by molar-refractivity contribution is -0.383. The maximum Gasteiger partial charge on any atom is 0.317 e. The molecule has 1 saturated heterocycles. The monoisotopic (exact) mass is 306 g/mol. The molecule has 2 N–H and O–H groups in total. The fraction of sp³-hybridized carbons (Fsp3) is 0.429. The molecule has 0 radical (unpaired) electrons. The summed E-state index contributed by atoms with van der Waals surface area (Å²) >= 11 is 0. The largest absolute Gasteiger partial charge is 0.364 e. The Morgan fingerprint density at radius 3 is 2.09 bits per heavy atom. The van der Waals surface area contributed by atoms with E-state index in [0.29, 0.717) is 24.5 Å². The number of amides is 2. The molecule has 118 valence electrons. The second-order valence-electron chi connectivity index (χ2n) is 5.17. The molecule has 22 heavy (non-hydrogen) atoms. The predicted molar refractivity (Wildman–Crippen MR) is 83.2 cm³/mol. The van der Waals surface area contributed by atoms with E-state index in [4.69, 9.17) is 0 Å². The highest BCUT2D eigenvalue weighted by atomic mass is 16.6. The lowest BCUT2D eigenvalue weighted by atomic mass is 10.1. The first-order valence-electron chi connectivity index (χ1n) is 7.01. The third-order valence-corrected chi connectivity index (χ3v) is 3.38. The van der Waals surface area contributed by atoms with Crippen LogP contribution in [0.4, 0.5) is 22.7 Å². The van der Waals surface area contributed by atoms with Crippen LogP contribution in [0.3, 0.4) is 0 Å². The van der Waals surface area contributed by atoms with Crippen LogP contribution in [0.25, 0.3) is 0 Å². The van der Waals surface area contributed by atoms with Crippen LogP contribution in [-0.4, -0.2) is 29.8 Å². The molecule has 2 rings (SSSR count). The van der Waals surface area contributed by atoms with Crippen molar-refractivity contribution >= 4 is 34.6 Å². The Balaban J connectivity index is 2.61. The van der Waals surface area contributed by atoms with Gasteiger partial charge in [0.2, 0.25) is 11.8 Å². The maximum absolute atomic E-state index is 11.5. The van der Waals surface area contributed by atoms with Crippen molar-refractivity contribution in [1.29, 1.82) is 0 Å². The predicted octanol–water partition coefficient (Wildman–Crippen LogP) is 2.11. The minimum Gasteiger partial charge on any atom is -0.364 e. The first-order valence-corrected chi connectivity index (χ1v) is 7.01. The molecular formula is C14H18N4O4. The van der Waals surface area contributed by atoms with Crippen molar-refractivity contribution in [3.8, 4) is 0 Å². The number of carbonyl (C=O) groups is 2. The smallest absolute Gasteiger partial charge is 0.317 e. The van der Waals surface area contributed by atoms with Gasteiger partial charge in [-0.3, -0.25) is 19.7 Å². The number of nitro groups is 1. The second kappa shape index (κ2) is 6.42. The van der Waals surface area contributed by atoms with E-state index >= 15 is 0 Å². The highest BCUT2D eigenvalue weighted by Crippen LogP contribution is 2.42. The van der Waals surface area contributed by atoms with Gasteiger partial charge in [-0.15, -0.1) is 0 Å². The standard InChI is InChI=1S/C14H18N4O4/c1-9(19)15-11-5-6-12(16-10(2)20)14(18(21)22)13(11)17-7-3-4-8-17/h5-6H,3-4,7-8H2,1-2H3,(H,15,19)(H,16,20). The van der Waals surface area contributed by atoms with E-state index in [1.54, 1.807) is 6.07 Å². The number of hydrogen-bond donors (Lipinski definition) is 2. The van der Waals surface area contributed by atoms with E-state index in [0.717, 1.165) is 12.8 Å². The van der Waals surface area contributed by atoms with Crippen molar-refractivity contribution in [2.45, 2.75) is 26.7 Å². The molecule has 1 aromatic carbocycles. The molecule has 1 heterocycles. The normalized spacial score (nSPS) is 13.8. The number of carbonyl (C=O) groups excluding carboxylic acids is 2. The molecule has 2 amide bonds. The zero-order valence-electron chi connectivity index (χ0n) is 12.5. The van der Waals surface area contributed by atoms with Gasteiger partial charge in [-0.2, -0.15) is 0 Å². The minimum atomic E-state index is -0.524. The first-order chi connectivity index (χ1) is 10.4. The van der Waals surface area contributed by atoms with Gasteiger partial charge in [-0.05, 0) is 25.0 Å². The van der Waals surface area contributed by atoms with Crippen LogP contribution in [0.1, 0.15) is 26.7 Å². The Bertz CT molecular complexity index is 624. The lowest BCUT2D eigenvalue weighted by Crippen LogP contribution is -2.22. The van der Waals surface area contributed by atoms with E-state index in [-0.39, 0.29) is 23.2 Å². The average Bonchev–Trinajstić information content (AvgIpc) is 2.92. The zero-order chi connectivity index (χ0) is 16.3. The van der Waals surface area contributed by atoms with Gasteiger partial charge in [-0.25, -0.2) is 0 Å². The third kappa shape index (κ3) is 3.33. The maximum atomic E-state index is 11.5. The first kappa shape index (κ1) is 15.7. The van der Waals surface area contributed by atoms with Crippen LogP contribution in [0.2, 0.25) is 0 Å². The van der Waals surface area contributed by atoms with Gasteiger partial charge < -0.3 is 15.5 Å². The van der Waals surface area contributed by atoms with Gasteiger partial charge in [0.1, 0.15) is 11.4 Å². The highest BCUT2D eigenvalue weighted by Gasteiger charge is 2.29. The average molecular weight is 306 g/mol. The van der Waals surface area contributed by atoms with Gasteiger partial charge in [0.05, 0.1) is 10.6 Å². The van der Waals surface area contributed by atoms with Gasteiger partial charge in [0.25, 0.3) is 0 Å². The molecule has 0 aromatic heterocycles. The molecule has 1 aromatic rings. The number of hydrogen-bond acceptors (Lipinski definition) is 5. The van der Waals surface area contributed by atoms with Crippen LogP contribution in [-0.2, 0) is 9.59 Å². The van der Waals surface area contributed by atoms with Gasteiger partial charge in [0.15, 0.2) is 0 Å². The highest BCUT2D eigenvalue weighted by molar-refractivity contribution is 6.00. The summed E-state index contributed by atoms with van der Waals surface area (Å²) in [5.74, 6) is -0.690. The van der Waals surface area contributed by atoms with Crippen LogP contribution < -0.4 is 15.5 Å². The molecule has 8 nitrogen and oxygen atoms in total. The van der Waals surface area contributed by atoms with Crippen molar-refractivity contribution in [2.75, 3.05) is 28.6 Å². The van der Waals surface area contributed by atoms with E-state index in [1.165, 1.54) is 19.9 Å². The Labute approximate surface area is 127 Å². The summed E-state index contributed by atoms with van der Waals surface area (Å²) in [5, 5.41) is 16.6. The minimum absolute atomic E-state index is 0.133. The summed E-state index contributed by atoms with van der Waals surface area (Å²) in [6.07, 6.45) is 1.86. The molecule has 8 heteroatoms. The Morgan fingerprint density at radius 1 is 1.09 bits per heavy atom. The number of nitro benzene ring substituents is 1. The summed E-state index contributed by atoms with van der Waals surface area (Å²) in [7, 11) is 0. The SMILES string of the molecule is CC(=O)Nc1ccc(NC(C)=O)c([N+](=O)[O-])c1N1CCCC1. The van der Waals surface area contributed by atoms with Crippen molar-refractivity contribution in [2.24, 2.45) is 0 Å².